The van der Waals surface area contributed by atoms with Crippen LogP contribution in [0.25, 0.3) is 0 Å². The number of carbonyl (C=O) groups excluding carboxylic acids is 8. The maximum Gasteiger partial charge on any atom is 0.408 e. The van der Waals surface area contributed by atoms with Gasteiger partial charge in [-0.15, -0.1) is 13.2 Å². The summed E-state index contributed by atoms with van der Waals surface area (Å²) < 4.78 is 32.9. The molecule has 0 bridgehead atoms. The fourth-order valence-corrected chi connectivity index (χ4v) is 11.2. The number of fused-ring (bicyclic) bond motifs is 4. The van der Waals surface area contributed by atoms with E-state index in [0.29, 0.717) is 32.4 Å². The van der Waals surface area contributed by atoms with Crippen LogP contribution in [-0.2, 0) is 57.2 Å². The van der Waals surface area contributed by atoms with E-state index in [1.807, 2.05) is 18.2 Å². The van der Waals surface area contributed by atoms with E-state index < -0.39 is 102 Å². The van der Waals surface area contributed by atoms with Gasteiger partial charge in [-0.05, 0) is 142 Å². The number of nitrogens with one attached hydrogen (secondary N) is 4. The fraction of sp³-hybridized carbons (Fsp3) is 0.759. The molecule has 78 heavy (non-hydrogen) atoms. The van der Waals surface area contributed by atoms with Crippen LogP contribution < -0.4 is 21.3 Å². The molecular formula is C58H94N6O14. The normalized spacial score (nSPS) is 27.5. The molecule has 3 aliphatic heterocycles. The molecule has 4 fully saturated rings. The fourth-order valence-electron chi connectivity index (χ4n) is 11.2. The maximum atomic E-state index is 14.0. The number of carbonyl (C=O) groups is 8. The van der Waals surface area contributed by atoms with Crippen LogP contribution in [0.2, 0.25) is 0 Å². The van der Waals surface area contributed by atoms with Crippen LogP contribution in [0.15, 0.2) is 37.5 Å². The molecule has 20 nitrogen and oxygen atoms in total. The highest BCUT2D eigenvalue weighted by Crippen LogP contribution is 2.66. The third-order valence-electron chi connectivity index (χ3n) is 15.5. The topological polar surface area (TPSA) is 247 Å². The molecule has 2 aliphatic carbocycles. The summed E-state index contributed by atoms with van der Waals surface area (Å²) in [6.07, 6.45) is 9.95. The largest absolute Gasteiger partial charge is 0.464 e. The Morgan fingerprint density at radius 3 is 2.09 bits per heavy atom. The Morgan fingerprint density at radius 1 is 0.846 bits per heavy atom. The second-order valence-electron chi connectivity index (χ2n) is 24.3. The van der Waals surface area contributed by atoms with Gasteiger partial charge in [-0.3, -0.25) is 19.2 Å². The van der Waals surface area contributed by atoms with Crippen molar-refractivity contribution in [2.24, 2.45) is 34.5 Å². The Balaban J connectivity index is 0.000000337. The van der Waals surface area contributed by atoms with Crippen molar-refractivity contribution in [3.63, 3.8) is 0 Å². The number of ether oxygens (including phenoxy) is 6. The van der Waals surface area contributed by atoms with Crippen molar-refractivity contribution >= 4 is 47.8 Å². The van der Waals surface area contributed by atoms with Crippen LogP contribution in [0, 0.1) is 34.5 Å². The van der Waals surface area contributed by atoms with Gasteiger partial charge in [0.1, 0.15) is 47.5 Å². The minimum atomic E-state index is -1.09. The Hall–Kier alpha value is -5.50. The highest BCUT2D eigenvalue weighted by molar-refractivity contribution is 5.96. The van der Waals surface area contributed by atoms with E-state index in [0.717, 1.165) is 32.1 Å². The summed E-state index contributed by atoms with van der Waals surface area (Å²) >= 11 is 0. The van der Waals surface area contributed by atoms with E-state index in [9.17, 15) is 38.4 Å². The van der Waals surface area contributed by atoms with Crippen molar-refractivity contribution in [3.8, 4) is 0 Å². The third-order valence-corrected chi connectivity index (χ3v) is 15.5. The van der Waals surface area contributed by atoms with E-state index in [2.05, 4.69) is 62.1 Å². The number of unbranched alkanes of at least 4 members (excludes halogenated alkanes) is 2. The van der Waals surface area contributed by atoms with Gasteiger partial charge in [0.2, 0.25) is 23.6 Å². The molecule has 20 heteroatoms. The first-order valence-corrected chi connectivity index (χ1v) is 28.1. The van der Waals surface area contributed by atoms with Crippen LogP contribution in [0.5, 0.6) is 0 Å². The number of nitrogens with zero attached hydrogens (tertiary/aromatic N) is 2. The molecule has 2 saturated carbocycles. The number of allylic oxidation sites excluding steroid dienone is 2. The predicted octanol–water partition coefficient (Wildman–Crippen LogP) is 6.69. The number of alkyl carbamates (subject to hydrolysis) is 2. The first kappa shape index (κ1) is 65.0. The molecule has 440 valence electrons. The number of hydrogen-bond acceptors (Lipinski definition) is 14. The van der Waals surface area contributed by atoms with Crippen LogP contribution >= 0.6 is 0 Å². The van der Waals surface area contributed by atoms with Gasteiger partial charge in [0.15, 0.2) is 0 Å². The van der Waals surface area contributed by atoms with Gasteiger partial charge in [0, 0.05) is 13.1 Å². The molecule has 0 aromatic rings. The molecule has 4 N–H and O–H groups in total. The van der Waals surface area contributed by atoms with Gasteiger partial charge < -0.3 is 59.5 Å². The number of rotatable bonds is 18. The van der Waals surface area contributed by atoms with Crippen molar-refractivity contribution in [2.45, 2.75) is 208 Å². The van der Waals surface area contributed by atoms with Crippen LogP contribution in [0.1, 0.15) is 148 Å². The first-order chi connectivity index (χ1) is 36.5. The van der Waals surface area contributed by atoms with Crippen molar-refractivity contribution in [2.75, 3.05) is 39.5 Å². The second kappa shape index (κ2) is 28.1. The first-order valence-electron chi connectivity index (χ1n) is 28.1. The van der Waals surface area contributed by atoms with Crippen molar-refractivity contribution in [1.29, 1.82) is 0 Å². The molecule has 5 aliphatic rings. The summed E-state index contributed by atoms with van der Waals surface area (Å²) in [4.78, 5) is 109. The minimum Gasteiger partial charge on any atom is -0.464 e. The quantitative estimate of drug-likeness (QED) is 0.0484. The average molecular weight is 1100 g/mol. The van der Waals surface area contributed by atoms with E-state index in [1.165, 1.54) is 4.90 Å². The molecule has 0 spiro atoms. The summed E-state index contributed by atoms with van der Waals surface area (Å²) in [5.41, 5.74) is -1.76. The van der Waals surface area contributed by atoms with Crippen LogP contribution in [0.3, 0.4) is 0 Å². The Labute approximate surface area is 463 Å². The molecule has 0 aromatic carbocycles. The van der Waals surface area contributed by atoms with Crippen molar-refractivity contribution in [3.05, 3.63) is 37.5 Å². The lowest BCUT2D eigenvalue weighted by atomic mass is 9.98. The lowest BCUT2D eigenvalue weighted by molar-refractivity contribution is -0.150. The Kier molecular flexibility index (Phi) is 23.4. The standard InChI is InChI=1S/C30H49N3O7.C28H45N3O7/c1-10-13-14-15-16-21(27(36)38-12-3)31-25(34)24-22-20(30(22,8)9)18-33(24)26(35)23(19(4)39-17-11-2)32-28(37)40-29(5,6)7;1-8-36-25(34)19-14-12-10-9-11-13-15-37-17(2)21(30-26(35)38-27(3,4)5)24(33)31-16-18-20(28(18,6)7)22(31)23(32)29-19/h10-11,19-24H,1-2,12-18H2,3-9H3,(H,31,34)(H,32,37);11,13,17-22H,8-10,12,14-16H2,1-7H3,(H,29,32)(H,30,35)/t19-,20-,21-,22-,23-,24-;17-,18-,19-,20-,21-,22-/m00/s1. The van der Waals surface area contributed by atoms with Gasteiger partial charge in [-0.1, -0.05) is 64.8 Å². The lowest BCUT2D eigenvalue weighted by Crippen LogP contribution is -2.60. The molecule has 0 radical (unpaired) electrons. The molecular weight excluding hydrogens is 1000 g/mol. The molecule has 0 aromatic heterocycles. The van der Waals surface area contributed by atoms with E-state index >= 15 is 0 Å². The molecule has 6 amide bonds. The summed E-state index contributed by atoms with van der Waals surface area (Å²) in [6, 6.07) is -5.31. The van der Waals surface area contributed by atoms with E-state index in [4.69, 9.17) is 28.4 Å². The van der Waals surface area contributed by atoms with Gasteiger partial charge in [0.05, 0.1) is 38.6 Å². The second-order valence-corrected chi connectivity index (χ2v) is 24.3. The zero-order valence-corrected chi connectivity index (χ0v) is 49.2. The molecule has 12 atom stereocenters. The number of piperidine rings is 2. The van der Waals surface area contributed by atoms with Crippen LogP contribution in [-0.4, -0.2) is 157 Å². The van der Waals surface area contributed by atoms with Crippen molar-refractivity contribution in [1.82, 2.24) is 31.1 Å². The Bertz CT molecular complexity index is 2170. The zero-order chi connectivity index (χ0) is 58.5. The zero-order valence-electron chi connectivity index (χ0n) is 49.2. The molecule has 2 saturated heterocycles. The Morgan fingerprint density at radius 2 is 1.47 bits per heavy atom. The summed E-state index contributed by atoms with van der Waals surface area (Å²) in [5.74, 6) is -2.44. The SMILES string of the molecule is C=CCCCC[C@H](NC(=O)[C@@H]1[C@@H]2[C@H](CN1C(=O)[C@@H](NC(=O)OC(C)(C)C)[C@H](C)OCC=C)C2(C)C)C(=O)OCC.CCOC(=O)[C@@H]1CCCCC=CCO[C@@H](C)[C@H](NC(=O)OC(C)(C)C)C(=O)N2C[C@H]3[C@@H]([C@H]2C(=O)N1)C3(C)C. The lowest BCUT2D eigenvalue weighted by Gasteiger charge is -2.35. The van der Waals surface area contributed by atoms with Gasteiger partial charge in [0.25, 0.3) is 0 Å². The maximum absolute atomic E-state index is 14.0. The summed E-state index contributed by atoms with van der Waals surface area (Å²) in [5, 5.41) is 11.1. The summed E-state index contributed by atoms with van der Waals surface area (Å²) in [6.45, 7) is 34.6. The van der Waals surface area contributed by atoms with Crippen LogP contribution in [0.4, 0.5) is 9.59 Å². The smallest absolute Gasteiger partial charge is 0.408 e. The van der Waals surface area contributed by atoms with Gasteiger partial charge in [-0.25, -0.2) is 19.2 Å². The number of amides is 6. The highest BCUT2D eigenvalue weighted by Gasteiger charge is 2.71. The highest BCUT2D eigenvalue weighted by atomic mass is 16.6. The number of likely N-dealkylation sites (tertiary alicyclic amines) is 1. The molecule has 3 heterocycles. The minimum absolute atomic E-state index is 0.0467. The average Bonchev–Trinajstić information content (AvgIpc) is 4.03. The van der Waals surface area contributed by atoms with Crippen molar-refractivity contribution < 1.29 is 66.8 Å². The summed E-state index contributed by atoms with van der Waals surface area (Å²) in [7, 11) is 0. The monoisotopic (exact) mass is 1100 g/mol. The number of hydrogen-bond donors (Lipinski definition) is 4. The number of esters is 2. The van der Waals surface area contributed by atoms with E-state index in [1.54, 1.807) is 80.2 Å². The van der Waals surface area contributed by atoms with Gasteiger partial charge in [-0.2, -0.15) is 0 Å². The molecule has 0 unspecified atom stereocenters. The third kappa shape index (κ3) is 17.5. The van der Waals surface area contributed by atoms with Gasteiger partial charge >= 0.3 is 24.1 Å². The predicted molar refractivity (Wildman–Crippen MR) is 293 cm³/mol. The molecule has 5 rings (SSSR count). The van der Waals surface area contributed by atoms with E-state index in [-0.39, 0.29) is 66.8 Å².